The van der Waals surface area contributed by atoms with Gasteiger partial charge in [-0.05, 0) is 135 Å². The molecule has 0 saturated heterocycles. The van der Waals surface area contributed by atoms with Crippen molar-refractivity contribution < 1.29 is 11.2 Å². The first kappa shape index (κ1) is 101. The van der Waals surface area contributed by atoms with E-state index in [0.717, 1.165) is 11.1 Å². The average molecular weight is 1430 g/mol. The molecule has 0 spiro atoms. The number of pyridine rings is 2. The third-order valence-electron chi connectivity index (χ3n) is 7.49. The molecular weight excluding hydrogens is 1250 g/mol. The van der Waals surface area contributed by atoms with Crippen molar-refractivity contribution >= 4 is 10.8 Å². The molecule has 0 unspecified atom stereocenters. The number of fused-ring (bicyclic) bond motifs is 1. The Morgan fingerprint density at radius 1 is 0.233 bits per heavy atom. The highest BCUT2D eigenvalue weighted by molar-refractivity contribution is 5.83. The molecule has 103 heavy (non-hydrogen) atoms. The zero-order valence-electron chi connectivity index (χ0n) is 81.2. The van der Waals surface area contributed by atoms with Gasteiger partial charge in [-0.3, -0.25) is 14.4 Å². The number of benzene rings is 6. The van der Waals surface area contributed by atoms with Gasteiger partial charge in [-0.2, -0.15) is 0 Å². The Hall–Kier alpha value is -6.19. The van der Waals surface area contributed by atoms with E-state index in [0.29, 0.717) is 72.3 Å². The van der Waals surface area contributed by atoms with E-state index in [9.17, 15) is 4.39 Å². The van der Waals surface area contributed by atoms with Crippen LogP contribution in [0.1, 0.15) is 316 Å². The summed E-state index contributed by atoms with van der Waals surface area (Å²) in [5, 5.41) is 2.62. The standard InChI is InChI=1S/C18H14.C10H8.C10H14.C6H7N.C5H5N.10C5H12.CH3F/c1-3-9-15(10-4-1)17-13-7-8-14-18(17)16-11-5-2-6-12-16;1-2-6-10-8-4-3-7-9(10)5-1;1-10(2,3)9-7-5-4-6-8-9;1-6-2-4-7-5-3-6;1-2-4-6-5-3-1;10*1-5(2,3)4;1-2/h1-14H;1-8H;4-8H,1-3H3;2-5H,1H3;1-5H;10*1-4H3;1H3/i1D,3D,4D,9D,10D;;;;;;;;;;;;;;;. The zero-order chi connectivity index (χ0) is 87.3. The molecule has 0 saturated carbocycles. The van der Waals surface area contributed by atoms with Crippen LogP contribution in [0.25, 0.3) is 33.0 Å². The minimum Gasteiger partial charge on any atom is -0.265 e. The number of hydrogen-bond acceptors (Lipinski definition) is 2. The maximum Gasteiger partial charge on any atom is 0.0785 e. The SMILES string of the molecule is CC(C)(C)C.CC(C)(C)C.CC(C)(C)C.CC(C)(C)C.CC(C)(C)C.CC(C)(C)C.CC(C)(C)C.CC(C)(C)C.CC(C)(C)C.CC(C)(C)C.CC(C)(C)c1ccccc1.CF.Cc1ccncc1.[2H]c1c([2H])c([2H])c(-c2ccccc2-c2ccccc2)c([2H])c1[2H].c1ccc2ccccc2c1.c1ccncc1. The lowest BCUT2D eigenvalue weighted by Crippen LogP contribution is -2.10. The van der Waals surface area contributed by atoms with Gasteiger partial charge in [-0.25, -0.2) is 0 Å². The van der Waals surface area contributed by atoms with Crippen molar-refractivity contribution in [1.29, 1.82) is 0 Å². The highest BCUT2D eigenvalue weighted by atomic mass is 19.1. The van der Waals surface area contributed by atoms with Crippen LogP contribution >= 0.6 is 0 Å². The van der Waals surface area contributed by atoms with E-state index in [4.69, 9.17) is 6.85 Å². The second-order valence-electron chi connectivity index (χ2n) is 42.4. The molecule has 0 radical (unpaired) electrons. The van der Waals surface area contributed by atoms with Crippen molar-refractivity contribution in [1.82, 2.24) is 9.97 Å². The van der Waals surface area contributed by atoms with E-state index in [1.54, 1.807) is 30.9 Å². The summed E-state index contributed by atoms with van der Waals surface area (Å²) in [5.74, 6) is 0. The zero-order valence-corrected chi connectivity index (χ0v) is 76.2. The molecule has 0 aliphatic rings. The Bertz CT molecular complexity index is 2980. The van der Waals surface area contributed by atoms with Gasteiger partial charge in [-0.15, -0.1) is 0 Å². The molecule has 3 heteroatoms. The van der Waals surface area contributed by atoms with Crippen LogP contribution in [0, 0.1) is 61.1 Å². The lowest BCUT2D eigenvalue weighted by Gasteiger charge is -2.18. The molecule has 0 fully saturated rings. The smallest absolute Gasteiger partial charge is 0.0785 e. The Labute approximate surface area is 652 Å². The molecule has 0 atom stereocenters. The molecule has 0 amide bonds. The molecule has 6 aromatic carbocycles. The largest absolute Gasteiger partial charge is 0.265 e. The Morgan fingerprint density at radius 2 is 0.437 bits per heavy atom. The summed E-state index contributed by atoms with van der Waals surface area (Å²) in [6.07, 6.45) is 7.07. The number of rotatable bonds is 2. The van der Waals surface area contributed by atoms with Gasteiger partial charge in [0.2, 0.25) is 0 Å². The summed E-state index contributed by atoms with van der Waals surface area (Å²) in [6, 6.07) is 52.5. The molecule has 0 aliphatic carbocycles. The second-order valence-corrected chi connectivity index (χ2v) is 42.4. The molecule has 0 N–H and O–H groups in total. The minimum absolute atomic E-state index is 0.181. The highest BCUT2D eigenvalue weighted by Gasteiger charge is 2.11. The number of halogens is 1. The van der Waals surface area contributed by atoms with Crippen LogP contribution in [0.3, 0.4) is 0 Å². The Balaban J connectivity index is -0.000000172. The van der Waals surface area contributed by atoms with Crippen molar-refractivity contribution in [3.05, 3.63) is 230 Å². The summed E-state index contributed by atoms with van der Waals surface area (Å²) in [6.45, 7) is 96.2. The summed E-state index contributed by atoms with van der Waals surface area (Å²) >= 11 is 0. The highest BCUT2D eigenvalue weighted by Crippen LogP contribution is 2.31. The van der Waals surface area contributed by atoms with E-state index in [1.807, 2.05) is 85.8 Å². The first-order valence-electron chi connectivity index (χ1n) is 39.8. The lowest BCUT2D eigenvalue weighted by molar-refractivity contribution is 0.469. The van der Waals surface area contributed by atoms with Crippen molar-refractivity contribution in [3.8, 4) is 22.3 Å². The van der Waals surface area contributed by atoms with Gasteiger partial charge in [0.05, 0.1) is 14.0 Å². The third-order valence-corrected chi connectivity index (χ3v) is 7.49. The molecule has 2 nitrogen and oxygen atoms in total. The number of aryl methyl sites for hydroxylation is 1. The molecule has 2 heterocycles. The molecule has 0 aliphatic heterocycles. The maximum absolute atomic E-state index is 9.50. The van der Waals surface area contributed by atoms with Crippen LogP contribution in [-0.2, 0) is 5.41 Å². The number of aromatic nitrogens is 2. The van der Waals surface area contributed by atoms with Gasteiger partial charge in [0.15, 0.2) is 0 Å². The second kappa shape index (κ2) is 58.0. The van der Waals surface area contributed by atoms with E-state index >= 15 is 0 Å². The van der Waals surface area contributed by atoms with Crippen molar-refractivity contribution in [2.24, 2.45) is 54.1 Å². The van der Waals surface area contributed by atoms with Crippen molar-refractivity contribution in [2.75, 3.05) is 7.18 Å². The monoisotopic (exact) mass is 1420 g/mol. The van der Waals surface area contributed by atoms with Gasteiger partial charge < -0.3 is 0 Å². The van der Waals surface area contributed by atoms with Crippen LogP contribution in [0.2, 0.25) is 0 Å². The van der Waals surface area contributed by atoms with Crippen LogP contribution < -0.4 is 0 Å². The topological polar surface area (TPSA) is 25.8 Å². The average Bonchev–Trinajstić information content (AvgIpc) is 0.768. The van der Waals surface area contributed by atoms with Gasteiger partial charge in [0.1, 0.15) is 0 Å². The van der Waals surface area contributed by atoms with Gasteiger partial charge in [0, 0.05) is 24.8 Å². The molecule has 2 aromatic heterocycles. The lowest BCUT2D eigenvalue weighted by atomic mass is 9.87. The number of alkyl halides is 1. The van der Waals surface area contributed by atoms with Crippen molar-refractivity contribution in [2.45, 2.75) is 310 Å². The fraction of sp³-hybridized carbons (Fsp3) is 0.560. The summed E-state index contributed by atoms with van der Waals surface area (Å²) in [7, 11) is 0.500. The predicted octanol–water partition coefficient (Wildman–Crippen LogP) is 34.4. The summed E-state index contributed by atoms with van der Waals surface area (Å²) in [4.78, 5) is 7.63. The van der Waals surface area contributed by atoms with Crippen LogP contribution in [0.15, 0.2) is 219 Å². The molecule has 8 rings (SSSR count). The molecular formula is C100H171FN2. The van der Waals surface area contributed by atoms with Gasteiger partial charge in [-0.1, -0.05) is 467 Å². The normalized spacial score (nSPS) is 11.5. The summed E-state index contributed by atoms with van der Waals surface area (Å²) in [5.41, 5.74) is 10.6. The molecule has 8 aromatic rings. The quantitative estimate of drug-likeness (QED) is 0.172. The molecule has 588 valence electrons. The number of nitrogens with zero attached hydrogens (tertiary/aromatic N) is 2. The van der Waals surface area contributed by atoms with E-state index < -0.39 is 0 Å². The fourth-order valence-electron chi connectivity index (χ4n) is 4.77. The Kier molecular flexibility index (Phi) is 56.9. The van der Waals surface area contributed by atoms with Gasteiger partial charge >= 0.3 is 0 Å². The van der Waals surface area contributed by atoms with Crippen molar-refractivity contribution in [3.63, 3.8) is 0 Å². The van der Waals surface area contributed by atoms with E-state index in [-0.39, 0.29) is 35.8 Å². The van der Waals surface area contributed by atoms with Crippen LogP contribution in [0.4, 0.5) is 4.39 Å². The van der Waals surface area contributed by atoms with E-state index in [1.165, 1.54) is 21.9 Å². The Morgan fingerprint density at radius 3 is 0.631 bits per heavy atom. The maximum atomic E-state index is 9.50. The van der Waals surface area contributed by atoms with Crippen LogP contribution in [-0.4, -0.2) is 17.1 Å². The minimum atomic E-state index is -0.374. The van der Waals surface area contributed by atoms with Crippen LogP contribution in [0.5, 0.6) is 0 Å². The van der Waals surface area contributed by atoms with Gasteiger partial charge in [0.25, 0.3) is 0 Å². The molecule has 0 bridgehead atoms. The first-order valence-corrected chi connectivity index (χ1v) is 37.3. The fourth-order valence-corrected chi connectivity index (χ4v) is 4.77. The third kappa shape index (κ3) is 151. The van der Waals surface area contributed by atoms with E-state index in [2.05, 4.69) is 387 Å². The number of hydrogen-bond donors (Lipinski definition) is 0. The summed E-state index contributed by atoms with van der Waals surface area (Å²) < 4.78 is 49.2. The predicted molar refractivity (Wildman–Crippen MR) is 478 cm³/mol. The first-order chi connectivity index (χ1) is 48.0.